The highest BCUT2D eigenvalue weighted by Gasteiger charge is 2.16. The van der Waals surface area contributed by atoms with Crippen LogP contribution in [0.2, 0.25) is 0 Å². The van der Waals surface area contributed by atoms with Crippen LogP contribution in [0.4, 0.5) is 0 Å². The molecule has 1 aromatic heterocycles. The molecule has 138 valence electrons. The van der Waals surface area contributed by atoms with Gasteiger partial charge in [0.05, 0.1) is 6.21 Å². The highest BCUT2D eigenvalue weighted by atomic mass is 16.3. The maximum absolute atomic E-state index is 12.1. The molecule has 0 aliphatic rings. The molecule has 1 atom stereocenters. The molecule has 0 aliphatic carbocycles. The molecule has 0 aliphatic heterocycles. The Bertz CT molecular complexity index is 957. The summed E-state index contributed by atoms with van der Waals surface area (Å²) in [6.45, 7) is 6.10. The Morgan fingerprint density at radius 2 is 1.74 bits per heavy atom. The molecule has 0 bridgehead atoms. The average molecular weight is 361 g/mol. The van der Waals surface area contributed by atoms with E-state index in [1.807, 2.05) is 26.0 Å². The molecule has 2 N–H and O–H groups in total. The molecular weight excluding hydrogens is 338 g/mol. The van der Waals surface area contributed by atoms with Crippen molar-refractivity contribution in [1.82, 2.24) is 9.99 Å². The number of nitrogens with one attached hydrogen (secondary N) is 1. The van der Waals surface area contributed by atoms with E-state index in [1.165, 1.54) is 5.56 Å². The van der Waals surface area contributed by atoms with E-state index in [0.717, 1.165) is 22.6 Å². The second-order valence-corrected chi connectivity index (χ2v) is 6.54. The van der Waals surface area contributed by atoms with Crippen molar-refractivity contribution in [3.63, 3.8) is 0 Å². The SMILES string of the molecule is Cc1ccc(-n2c(C)cc(/C=N\NC(=O)[C@H](O)c3ccccc3)c2C)cc1. The third-order valence-electron chi connectivity index (χ3n) is 4.50. The predicted molar refractivity (Wildman–Crippen MR) is 107 cm³/mol. The van der Waals surface area contributed by atoms with Crippen LogP contribution in [0, 0.1) is 20.8 Å². The zero-order chi connectivity index (χ0) is 19.4. The van der Waals surface area contributed by atoms with E-state index in [2.05, 4.69) is 46.3 Å². The summed E-state index contributed by atoms with van der Waals surface area (Å²) < 4.78 is 2.14. The smallest absolute Gasteiger partial charge is 0.273 e. The third kappa shape index (κ3) is 4.15. The lowest BCUT2D eigenvalue weighted by Crippen LogP contribution is -2.25. The van der Waals surface area contributed by atoms with E-state index in [0.29, 0.717) is 5.56 Å². The van der Waals surface area contributed by atoms with E-state index in [4.69, 9.17) is 0 Å². The third-order valence-corrected chi connectivity index (χ3v) is 4.50. The first-order chi connectivity index (χ1) is 13.0. The van der Waals surface area contributed by atoms with Gasteiger partial charge < -0.3 is 9.67 Å². The van der Waals surface area contributed by atoms with Crippen LogP contribution in [0.5, 0.6) is 0 Å². The maximum Gasteiger partial charge on any atom is 0.273 e. The molecule has 0 saturated heterocycles. The fraction of sp³-hybridized carbons (Fsp3) is 0.182. The Hall–Kier alpha value is -3.18. The minimum atomic E-state index is -1.25. The van der Waals surface area contributed by atoms with Crippen LogP contribution in [0.25, 0.3) is 5.69 Å². The second-order valence-electron chi connectivity index (χ2n) is 6.54. The van der Waals surface area contributed by atoms with Crippen LogP contribution in [0.3, 0.4) is 0 Å². The lowest BCUT2D eigenvalue weighted by Gasteiger charge is -2.10. The summed E-state index contributed by atoms with van der Waals surface area (Å²) in [6.07, 6.45) is 0.353. The van der Waals surface area contributed by atoms with Crippen molar-refractivity contribution in [2.75, 3.05) is 0 Å². The number of hydrogen-bond acceptors (Lipinski definition) is 3. The first-order valence-corrected chi connectivity index (χ1v) is 8.79. The summed E-state index contributed by atoms with van der Waals surface area (Å²) in [7, 11) is 0. The van der Waals surface area contributed by atoms with Gasteiger partial charge >= 0.3 is 0 Å². The highest BCUT2D eigenvalue weighted by Crippen LogP contribution is 2.20. The number of nitrogens with zero attached hydrogens (tertiary/aromatic N) is 2. The summed E-state index contributed by atoms with van der Waals surface area (Å²) >= 11 is 0. The molecule has 0 saturated carbocycles. The predicted octanol–water partition coefficient (Wildman–Crippen LogP) is 3.59. The van der Waals surface area contributed by atoms with Crippen molar-refractivity contribution in [3.05, 3.63) is 88.7 Å². The second kappa shape index (κ2) is 8.01. The van der Waals surface area contributed by atoms with Crippen molar-refractivity contribution < 1.29 is 9.90 Å². The number of aliphatic hydroxyl groups is 1. The van der Waals surface area contributed by atoms with Gasteiger partial charge in [-0.2, -0.15) is 5.10 Å². The van der Waals surface area contributed by atoms with Gasteiger partial charge in [-0.05, 0) is 44.5 Å². The largest absolute Gasteiger partial charge is 0.378 e. The molecular formula is C22H23N3O2. The van der Waals surface area contributed by atoms with E-state index in [1.54, 1.807) is 30.5 Å². The number of aliphatic hydroxyl groups excluding tert-OH is 1. The number of rotatable bonds is 5. The van der Waals surface area contributed by atoms with Gasteiger partial charge in [0.25, 0.3) is 5.91 Å². The zero-order valence-electron chi connectivity index (χ0n) is 15.7. The Kier molecular flexibility index (Phi) is 5.52. The quantitative estimate of drug-likeness (QED) is 0.539. The zero-order valence-corrected chi connectivity index (χ0v) is 15.7. The first kappa shape index (κ1) is 18.6. The van der Waals surface area contributed by atoms with Crippen LogP contribution in [-0.2, 0) is 4.79 Å². The van der Waals surface area contributed by atoms with Gasteiger partial charge in [0.1, 0.15) is 0 Å². The number of aryl methyl sites for hydroxylation is 2. The van der Waals surface area contributed by atoms with Crippen LogP contribution in [0.1, 0.15) is 34.2 Å². The van der Waals surface area contributed by atoms with Crippen LogP contribution >= 0.6 is 0 Å². The molecule has 0 radical (unpaired) electrons. The minimum Gasteiger partial charge on any atom is -0.378 e. The number of benzene rings is 2. The number of carbonyl (C=O) groups is 1. The molecule has 5 heteroatoms. The Morgan fingerprint density at radius 3 is 2.41 bits per heavy atom. The molecule has 5 nitrogen and oxygen atoms in total. The topological polar surface area (TPSA) is 66.6 Å². The van der Waals surface area contributed by atoms with E-state index < -0.39 is 12.0 Å². The monoisotopic (exact) mass is 361 g/mol. The number of aromatic nitrogens is 1. The first-order valence-electron chi connectivity index (χ1n) is 8.79. The molecule has 0 unspecified atom stereocenters. The summed E-state index contributed by atoms with van der Waals surface area (Å²) in [5, 5.41) is 14.1. The standard InChI is InChI=1S/C22H23N3O2/c1-15-9-11-20(12-10-15)25-16(2)13-19(17(25)3)14-23-24-22(27)21(26)18-7-5-4-6-8-18/h4-14,21,26H,1-3H3,(H,24,27)/b23-14-/t21-/m1/s1. The molecule has 0 fully saturated rings. The van der Waals surface area contributed by atoms with Crippen molar-refractivity contribution in [2.45, 2.75) is 26.9 Å². The van der Waals surface area contributed by atoms with E-state index >= 15 is 0 Å². The number of carbonyl (C=O) groups excluding carboxylic acids is 1. The molecule has 27 heavy (non-hydrogen) atoms. The average Bonchev–Trinajstić information content (AvgIpc) is 2.96. The van der Waals surface area contributed by atoms with Gasteiger partial charge in [-0.15, -0.1) is 0 Å². The summed E-state index contributed by atoms with van der Waals surface area (Å²) in [5.41, 5.74) is 8.24. The molecule has 1 heterocycles. The molecule has 3 aromatic rings. The van der Waals surface area contributed by atoms with Crippen LogP contribution in [-0.4, -0.2) is 21.8 Å². The van der Waals surface area contributed by atoms with Gasteiger partial charge in [-0.3, -0.25) is 4.79 Å². The summed E-state index contributed by atoms with van der Waals surface area (Å²) in [6, 6.07) is 19.1. The van der Waals surface area contributed by atoms with Gasteiger partial charge in [0.15, 0.2) is 6.10 Å². The fourth-order valence-electron chi connectivity index (χ4n) is 3.02. The number of amides is 1. The molecule has 0 spiro atoms. The normalized spacial score (nSPS) is 12.3. The molecule has 3 rings (SSSR count). The fourth-order valence-corrected chi connectivity index (χ4v) is 3.02. The van der Waals surface area contributed by atoms with E-state index in [9.17, 15) is 9.90 Å². The Morgan fingerprint density at radius 1 is 1.07 bits per heavy atom. The summed E-state index contributed by atoms with van der Waals surface area (Å²) in [4.78, 5) is 12.1. The number of hydrogen-bond donors (Lipinski definition) is 2. The summed E-state index contributed by atoms with van der Waals surface area (Å²) in [5.74, 6) is -0.565. The van der Waals surface area contributed by atoms with Gasteiger partial charge in [0, 0.05) is 22.6 Å². The molecule has 1 amide bonds. The van der Waals surface area contributed by atoms with Crippen molar-refractivity contribution in [2.24, 2.45) is 5.10 Å². The lowest BCUT2D eigenvalue weighted by atomic mass is 10.1. The number of hydrazone groups is 1. The van der Waals surface area contributed by atoms with Crippen molar-refractivity contribution in [3.8, 4) is 5.69 Å². The van der Waals surface area contributed by atoms with Crippen LogP contribution in [0.15, 0.2) is 65.8 Å². The van der Waals surface area contributed by atoms with Crippen LogP contribution < -0.4 is 5.43 Å². The Labute approximate surface area is 159 Å². The van der Waals surface area contributed by atoms with Crippen molar-refractivity contribution >= 4 is 12.1 Å². The van der Waals surface area contributed by atoms with E-state index in [-0.39, 0.29) is 0 Å². The Balaban J connectivity index is 1.73. The van der Waals surface area contributed by atoms with Gasteiger partial charge in [0.2, 0.25) is 0 Å². The molecule has 2 aromatic carbocycles. The highest BCUT2D eigenvalue weighted by molar-refractivity contribution is 5.86. The lowest BCUT2D eigenvalue weighted by molar-refractivity contribution is -0.129. The maximum atomic E-state index is 12.1. The van der Waals surface area contributed by atoms with Gasteiger partial charge in [-0.25, -0.2) is 5.43 Å². The van der Waals surface area contributed by atoms with Crippen molar-refractivity contribution in [1.29, 1.82) is 0 Å². The minimum absolute atomic E-state index is 0.530. The van der Waals surface area contributed by atoms with Gasteiger partial charge in [-0.1, -0.05) is 48.0 Å².